The summed E-state index contributed by atoms with van der Waals surface area (Å²) >= 11 is 1.21. The van der Waals surface area contributed by atoms with Crippen LogP contribution in [-0.4, -0.2) is 16.9 Å². The van der Waals surface area contributed by atoms with Crippen LogP contribution in [0.2, 0.25) is 0 Å². The molecule has 2 N–H and O–H groups in total. The third-order valence-corrected chi connectivity index (χ3v) is 5.59. The van der Waals surface area contributed by atoms with Crippen LogP contribution < -0.4 is 69.0 Å². The summed E-state index contributed by atoms with van der Waals surface area (Å²) in [7, 11) is 0. The Labute approximate surface area is 206 Å². The van der Waals surface area contributed by atoms with E-state index in [0.717, 1.165) is 5.56 Å². The van der Waals surface area contributed by atoms with E-state index in [1.54, 1.807) is 19.1 Å². The topological polar surface area (TPSA) is 81.3 Å². The number of carbonyl (C=O) groups is 2. The molecular weight excluding hydrogens is 429 g/mol. The predicted octanol–water partition coefficient (Wildman–Crippen LogP) is 0.886. The summed E-state index contributed by atoms with van der Waals surface area (Å²) in [6, 6.07) is 4.71. The number of anilines is 1. The summed E-state index contributed by atoms with van der Waals surface area (Å²) in [4.78, 5) is 24.1. The Bertz CT molecular complexity index is 712. The molecule has 1 aliphatic carbocycles. The van der Waals surface area contributed by atoms with E-state index in [9.17, 15) is 19.2 Å². The van der Waals surface area contributed by atoms with Crippen molar-refractivity contribution in [2.75, 3.05) is 5.32 Å². The van der Waals surface area contributed by atoms with E-state index >= 15 is 0 Å². The second kappa shape index (κ2) is 11.1. The zero-order chi connectivity index (χ0) is 18.6. The van der Waals surface area contributed by atoms with E-state index in [-0.39, 0.29) is 86.4 Å². The number of Topliss-reactive ketones (excluding diaryl/α,β-unsaturated/α-hetero) is 1. The van der Waals surface area contributed by atoms with Gasteiger partial charge in [-0.3, -0.25) is 9.59 Å². The Morgan fingerprint density at radius 3 is 2.65 bits per heavy atom. The molecule has 1 aliphatic heterocycles. The summed E-state index contributed by atoms with van der Waals surface area (Å²) in [5.74, 6) is -1.41. The van der Waals surface area contributed by atoms with Crippen LogP contribution in [0.1, 0.15) is 38.7 Å². The van der Waals surface area contributed by atoms with E-state index < -0.39 is 11.7 Å². The van der Waals surface area contributed by atoms with Gasteiger partial charge in [-0.1, -0.05) is 31.7 Å². The average Bonchev–Trinajstić information content (AvgIpc) is 2.98. The fraction of sp³-hybridized carbons (Fsp3) is 0.444. The molecule has 3 rings (SSSR count). The maximum atomic E-state index is 14.0. The number of ketones is 1. The van der Waals surface area contributed by atoms with Crippen LogP contribution in [0, 0.1) is 23.9 Å². The second-order valence-corrected chi connectivity index (χ2v) is 6.94. The van der Waals surface area contributed by atoms with Gasteiger partial charge in [0.2, 0.25) is 5.91 Å². The molecule has 0 saturated heterocycles. The molecule has 136 valence electrons. The molecule has 1 fully saturated rings. The van der Waals surface area contributed by atoms with Crippen molar-refractivity contribution in [3.8, 4) is 0 Å². The monoisotopic (exact) mass is 450 g/mol. The fourth-order valence-electron chi connectivity index (χ4n) is 3.08. The van der Waals surface area contributed by atoms with Crippen LogP contribution in [0.5, 0.6) is 0 Å². The van der Waals surface area contributed by atoms with Crippen molar-refractivity contribution in [3.63, 3.8) is 0 Å². The normalized spacial score (nSPS) is 21.2. The third-order valence-electron chi connectivity index (χ3n) is 4.19. The van der Waals surface area contributed by atoms with Crippen LogP contribution in [0.3, 0.4) is 0 Å². The van der Waals surface area contributed by atoms with E-state index in [4.69, 9.17) is 0 Å². The van der Waals surface area contributed by atoms with Crippen LogP contribution in [0.15, 0.2) is 28.8 Å². The standard InChI is InChI=1S/C16H16FN2O3S.C2H6.Rb/c1-8-5-6-11(10(17)7-8)18-16-13(15(21)19-22)9-3-2-4-12(20)14(9)23-16;1-2;/h5-7,9,14H,2-4H2,1H3,(H2-,18,19,21,22);1-2H3;/q-1;;+1. The smallest absolute Gasteiger partial charge is 0.759 e. The second-order valence-electron chi connectivity index (χ2n) is 5.79. The van der Waals surface area contributed by atoms with E-state index in [1.807, 2.05) is 13.8 Å². The van der Waals surface area contributed by atoms with Crippen molar-refractivity contribution in [1.82, 2.24) is 5.48 Å². The number of thioether (sulfide) groups is 1. The first kappa shape index (κ1) is 24.0. The summed E-state index contributed by atoms with van der Waals surface area (Å²) in [5, 5.41) is 13.8. The Kier molecular flexibility index (Phi) is 10.2. The first-order valence-corrected chi connectivity index (χ1v) is 9.28. The van der Waals surface area contributed by atoms with E-state index in [1.165, 1.54) is 23.3 Å². The zero-order valence-corrected chi connectivity index (χ0v) is 21.3. The minimum Gasteiger partial charge on any atom is -0.759 e. The Balaban J connectivity index is 0.00000109. The van der Waals surface area contributed by atoms with Gasteiger partial charge in [-0.25, -0.2) is 4.39 Å². The van der Waals surface area contributed by atoms with Crippen molar-refractivity contribution in [2.24, 2.45) is 5.92 Å². The molecule has 2 unspecified atom stereocenters. The zero-order valence-electron chi connectivity index (χ0n) is 15.5. The van der Waals surface area contributed by atoms with Gasteiger partial charge in [0.15, 0.2) is 0 Å². The molecule has 5 nitrogen and oxygen atoms in total. The van der Waals surface area contributed by atoms with Crippen molar-refractivity contribution in [2.45, 2.75) is 45.3 Å². The molecule has 26 heavy (non-hydrogen) atoms. The van der Waals surface area contributed by atoms with Gasteiger partial charge in [0.05, 0.1) is 21.5 Å². The first-order valence-electron chi connectivity index (χ1n) is 8.40. The van der Waals surface area contributed by atoms with Crippen molar-refractivity contribution in [1.29, 1.82) is 0 Å². The number of amides is 1. The minimum absolute atomic E-state index is 0. The van der Waals surface area contributed by atoms with Gasteiger partial charge in [-0.2, -0.15) is 0 Å². The van der Waals surface area contributed by atoms with Gasteiger partial charge in [0, 0.05) is 12.3 Å². The Hall–Kier alpha value is -0.0548. The molecule has 8 heteroatoms. The minimum atomic E-state index is -0.755. The largest absolute Gasteiger partial charge is 1.00 e. The van der Waals surface area contributed by atoms with Crippen molar-refractivity contribution < 1.29 is 72.2 Å². The third kappa shape index (κ3) is 5.26. The molecule has 1 heterocycles. The number of carbonyl (C=O) groups excluding carboxylic acids is 2. The number of hydrogen-bond donors (Lipinski definition) is 2. The molecule has 1 saturated carbocycles. The molecule has 0 aromatic heterocycles. The van der Waals surface area contributed by atoms with Gasteiger partial charge >= 0.3 is 58.2 Å². The van der Waals surface area contributed by atoms with Crippen LogP contribution in [0.25, 0.3) is 0 Å². The van der Waals surface area contributed by atoms with Gasteiger partial charge in [0.25, 0.3) is 0 Å². The first-order chi connectivity index (χ1) is 12.0. The molecule has 2 atom stereocenters. The van der Waals surface area contributed by atoms with Crippen molar-refractivity contribution in [3.05, 3.63) is 45.4 Å². The molecule has 1 amide bonds. The quantitative estimate of drug-likeness (QED) is 0.668. The molecule has 0 radical (unpaired) electrons. The summed E-state index contributed by atoms with van der Waals surface area (Å²) in [5.41, 5.74) is 2.66. The van der Waals surface area contributed by atoms with Gasteiger partial charge in [0.1, 0.15) is 11.6 Å². The number of hydroxylamine groups is 1. The van der Waals surface area contributed by atoms with E-state index in [0.29, 0.717) is 24.3 Å². The van der Waals surface area contributed by atoms with E-state index in [2.05, 4.69) is 5.32 Å². The Morgan fingerprint density at radius 1 is 1.35 bits per heavy atom. The molecular formula is C18H22FN2O3RbS. The number of aryl methyl sites for hydroxylation is 1. The number of nitrogens with one attached hydrogen (secondary N) is 2. The number of halogens is 1. The number of benzene rings is 1. The molecule has 0 spiro atoms. The SMILES string of the molecule is CC.Cc1ccc(NC2=C(C(=O)N[O-])C3CCCC(=O)C3S2)c(F)c1.[Rb+]. The molecule has 2 aliphatic rings. The molecule has 1 aromatic rings. The van der Waals surface area contributed by atoms with Gasteiger partial charge in [-0.05, 0) is 37.5 Å². The number of fused-ring (bicyclic) bond motifs is 1. The molecule has 0 bridgehead atoms. The predicted molar refractivity (Wildman–Crippen MR) is 98.4 cm³/mol. The van der Waals surface area contributed by atoms with Crippen LogP contribution >= 0.6 is 11.8 Å². The molecule has 1 aromatic carbocycles. The number of hydrogen-bond acceptors (Lipinski definition) is 5. The maximum Gasteiger partial charge on any atom is 1.00 e. The van der Waals surface area contributed by atoms with Crippen LogP contribution in [0.4, 0.5) is 10.1 Å². The maximum absolute atomic E-state index is 14.0. The van der Waals surface area contributed by atoms with Crippen LogP contribution in [-0.2, 0) is 9.59 Å². The van der Waals surface area contributed by atoms with Gasteiger partial charge < -0.3 is 16.0 Å². The summed E-state index contributed by atoms with van der Waals surface area (Å²) < 4.78 is 14.0. The fourth-order valence-corrected chi connectivity index (χ4v) is 4.56. The number of rotatable bonds is 3. The van der Waals surface area contributed by atoms with Crippen molar-refractivity contribution >= 4 is 29.1 Å². The summed E-state index contributed by atoms with van der Waals surface area (Å²) in [6.07, 6.45) is 1.85. The average molecular weight is 451 g/mol. The Morgan fingerprint density at radius 2 is 2.04 bits per heavy atom. The van der Waals surface area contributed by atoms with Gasteiger partial charge in [-0.15, -0.1) is 0 Å². The summed E-state index contributed by atoms with van der Waals surface area (Å²) in [6.45, 7) is 5.78.